The number of nitrogens with zero attached hydrogens (tertiary/aromatic N) is 2. The largest absolute Gasteiger partial charge is 0.330 e. The van der Waals surface area contributed by atoms with Gasteiger partial charge in [-0.3, -0.25) is 24.6 Å². The van der Waals surface area contributed by atoms with E-state index in [1.54, 1.807) is 4.90 Å². The number of hydrogen-bond donors (Lipinski definition) is 2. The molecule has 4 rings (SSSR count). The molecule has 7 nitrogen and oxygen atoms in total. The van der Waals surface area contributed by atoms with Crippen molar-refractivity contribution in [2.75, 3.05) is 19.6 Å². The molecule has 0 radical (unpaired) electrons. The minimum Gasteiger partial charge on any atom is -0.330 e. The maximum atomic E-state index is 12.8. The van der Waals surface area contributed by atoms with Crippen molar-refractivity contribution in [2.24, 2.45) is 11.7 Å². The van der Waals surface area contributed by atoms with Crippen molar-refractivity contribution in [1.82, 2.24) is 15.1 Å². The van der Waals surface area contributed by atoms with Crippen molar-refractivity contribution in [2.45, 2.75) is 32.0 Å². The topological polar surface area (TPSA) is 95.7 Å². The molecule has 1 unspecified atom stereocenters. The zero-order chi connectivity index (χ0) is 17.6. The molecule has 7 heteroatoms. The zero-order valence-electron chi connectivity index (χ0n) is 14.0. The number of carbonyl (C=O) groups excluding carboxylic acids is 3. The Morgan fingerprint density at radius 3 is 2.72 bits per heavy atom. The third kappa shape index (κ3) is 2.83. The van der Waals surface area contributed by atoms with Crippen molar-refractivity contribution in [3.63, 3.8) is 0 Å². The smallest absolute Gasteiger partial charge is 0.255 e. The molecule has 132 valence electrons. The lowest BCUT2D eigenvalue weighted by atomic mass is 9.97. The first-order valence-corrected chi connectivity index (χ1v) is 8.74. The summed E-state index contributed by atoms with van der Waals surface area (Å²) in [5, 5.41) is 2.34. The number of carbonyl (C=O) groups is 3. The summed E-state index contributed by atoms with van der Waals surface area (Å²) in [6.07, 6.45) is 0.668. The van der Waals surface area contributed by atoms with Crippen molar-refractivity contribution < 1.29 is 14.4 Å². The van der Waals surface area contributed by atoms with Crippen molar-refractivity contribution in [3.8, 4) is 0 Å². The molecular formula is C18H22N4O3. The van der Waals surface area contributed by atoms with Gasteiger partial charge in [-0.25, -0.2) is 0 Å². The number of nitrogens with two attached hydrogens (primary N) is 1. The SMILES string of the molecule is NCC1CN(Cc2cccc3c2CN(C2CCC(=O)NC2=O)C3=O)C1. The Bertz CT molecular complexity index is 742. The van der Waals surface area contributed by atoms with Crippen molar-refractivity contribution >= 4 is 17.7 Å². The van der Waals surface area contributed by atoms with E-state index in [-0.39, 0.29) is 24.1 Å². The van der Waals surface area contributed by atoms with E-state index in [0.29, 0.717) is 31.0 Å². The van der Waals surface area contributed by atoms with Gasteiger partial charge in [-0.2, -0.15) is 0 Å². The van der Waals surface area contributed by atoms with Gasteiger partial charge in [0.25, 0.3) is 5.91 Å². The summed E-state index contributed by atoms with van der Waals surface area (Å²) < 4.78 is 0. The molecule has 1 aromatic rings. The Kier molecular flexibility index (Phi) is 4.05. The number of benzene rings is 1. The molecule has 2 fully saturated rings. The van der Waals surface area contributed by atoms with Crippen LogP contribution in [0.4, 0.5) is 0 Å². The van der Waals surface area contributed by atoms with Gasteiger partial charge in [0.1, 0.15) is 6.04 Å². The van der Waals surface area contributed by atoms with Crippen LogP contribution in [-0.2, 0) is 22.7 Å². The Morgan fingerprint density at radius 1 is 1.20 bits per heavy atom. The Hall–Kier alpha value is -2.25. The van der Waals surface area contributed by atoms with Gasteiger partial charge in [0.05, 0.1) is 0 Å². The van der Waals surface area contributed by atoms with Gasteiger partial charge < -0.3 is 10.6 Å². The number of piperidine rings is 1. The normalized spacial score (nSPS) is 24.3. The fraction of sp³-hybridized carbons (Fsp3) is 0.500. The highest BCUT2D eigenvalue weighted by Crippen LogP contribution is 2.31. The fourth-order valence-corrected chi connectivity index (χ4v) is 3.99. The first-order chi connectivity index (χ1) is 12.1. The van der Waals surface area contributed by atoms with Crippen molar-refractivity contribution in [1.29, 1.82) is 0 Å². The molecule has 3 aliphatic heterocycles. The quantitative estimate of drug-likeness (QED) is 0.741. The molecular weight excluding hydrogens is 320 g/mol. The van der Waals surface area contributed by atoms with Gasteiger partial charge >= 0.3 is 0 Å². The number of nitrogens with one attached hydrogen (secondary N) is 1. The highest BCUT2D eigenvalue weighted by atomic mass is 16.2. The summed E-state index contributed by atoms with van der Waals surface area (Å²) in [5.74, 6) is -0.181. The summed E-state index contributed by atoms with van der Waals surface area (Å²) in [4.78, 5) is 40.2. The standard InChI is InChI=1S/C18H22N4O3/c19-6-11-7-21(8-11)9-12-2-1-3-13-14(12)10-22(18(13)25)15-4-5-16(23)20-17(15)24/h1-3,11,15H,4-10,19H2,(H,20,23,24). The second kappa shape index (κ2) is 6.24. The van der Waals surface area contributed by atoms with Gasteiger partial charge in [-0.1, -0.05) is 12.1 Å². The van der Waals surface area contributed by atoms with Crippen LogP contribution in [-0.4, -0.2) is 53.2 Å². The lowest BCUT2D eigenvalue weighted by Crippen LogP contribution is -2.52. The molecule has 3 aliphatic rings. The van der Waals surface area contributed by atoms with E-state index >= 15 is 0 Å². The van der Waals surface area contributed by atoms with E-state index in [1.165, 1.54) is 0 Å². The average Bonchev–Trinajstić information content (AvgIpc) is 2.88. The van der Waals surface area contributed by atoms with Crippen LogP contribution in [0.2, 0.25) is 0 Å². The number of likely N-dealkylation sites (tertiary alicyclic amines) is 1. The lowest BCUT2D eigenvalue weighted by molar-refractivity contribution is -0.136. The second-order valence-corrected chi connectivity index (χ2v) is 7.14. The van der Waals surface area contributed by atoms with E-state index < -0.39 is 6.04 Å². The molecule has 25 heavy (non-hydrogen) atoms. The Balaban J connectivity index is 1.52. The third-order valence-corrected chi connectivity index (χ3v) is 5.44. The summed E-state index contributed by atoms with van der Waals surface area (Å²) in [6, 6.07) is 5.22. The first-order valence-electron chi connectivity index (χ1n) is 8.74. The molecule has 3 amide bonds. The predicted octanol–water partition coefficient (Wildman–Crippen LogP) is -0.162. The lowest BCUT2D eigenvalue weighted by Gasteiger charge is -2.39. The summed E-state index contributed by atoms with van der Waals surface area (Å²) in [5.41, 5.74) is 8.50. The van der Waals surface area contributed by atoms with Crippen LogP contribution in [0.3, 0.4) is 0 Å². The fourth-order valence-electron chi connectivity index (χ4n) is 3.99. The van der Waals surface area contributed by atoms with Gasteiger partial charge in [0.2, 0.25) is 11.8 Å². The number of hydrogen-bond acceptors (Lipinski definition) is 5. The van der Waals surface area contributed by atoms with Crippen LogP contribution in [0.25, 0.3) is 0 Å². The van der Waals surface area contributed by atoms with E-state index in [4.69, 9.17) is 5.73 Å². The maximum absolute atomic E-state index is 12.8. The maximum Gasteiger partial charge on any atom is 0.255 e. The van der Waals surface area contributed by atoms with Gasteiger partial charge in [-0.05, 0) is 36.1 Å². The predicted molar refractivity (Wildman–Crippen MR) is 90.3 cm³/mol. The van der Waals surface area contributed by atoms with Crippen LogP contribution >= 0.6 is 0 Å². The van der Waals surface area contributed by atoms with E-state index in [2.05, 4.69) is 16.3 Å². The molecule has 3 heterocycles. The molecule has 0 aliphatic carbocycles. The van der Waals surface area contributed by atoms with E-state index in [9.17, 15) is 14.4 Å². The molecule has 3 N–H and O–H groups in total. The van der Waals surface area contributed by atoms with Gasteiger partial charge in [-0.15, -0.1) is 0 Å². The van der Waals surface area contributed by atoms with Crippen LogP contribution in [0.1, 0.15) is 34.3 Å². The summed E-state index contributed by atoms with van der Waals surface area (Å²) in [7, 11) is 0. The summed E-state index contributed by atoms with van der Waals surface area (Å²) >= 11 is 0. The van der Waals surface area contributed by atoms with Crippen LogP contribution in [0, 0.1) is 5.92 Å². The highest BCUT2D eigenvalue weighted by molar-refractivity contribution is 6.05. The number of fused-ring (bicyclic) bond motifs is 1. The van der Waals surface area contributed by atoms with E-state index in [0.717, 1.165) is 30.8 Å². The van der Waals surface area contributed by atoms with Crippen molar-refractivity contribution in [3.05, 3.63) is 34.9 Å². The third-order valence-electron chi connectivity index (χ3n) is 5.44. The minimum atomic E-state index is -0.559. The van der Waals surface area contributed by atoms with Crippen LogP contribution < -0.4 is 11.1 Å². The zero-order valence-corrected chi connectivity index (χ0v) is 14.0. The van der Waals surface area contributed by atoms with Crippen LogP contribution in [0.15, 0.2) is 18.2 Å². The van der Waals surface area contributed by atoms with E-state index in [1.807, 2.05) is 12.1 Å². The Morgan fingerprint density at radius 2 is 2.00 bits per heavy atom. The Labute approximate surface area is 146 Å². The molecule has 1 aromatic carbocycles. The van der Waals surface area contributed by atoms with Gasteiger partial charge in [0.15, 0.2) is 0 Å². The second-order valence-electron chi connectivity index (χ2n) is 7.14. The average molecular weight is 342 g/mol. The first kappa shape index (κ1) is 16.2. The summed E-state index contributed by atoms with van der Waals surface area (Å²) in [6.45, 7) is 3.93. The molecule has 2 saturated heterocycles. The molecule has 0 saturated carbocycles. The number of rotatable bonds is 4. The van der Waals surface area contributed by atoms with Crippen LogP contribution in [0.5, 0.6) is 0 Å². The molecule has 0 bridgehead atoms. The molecule has 0 spiro atoms. The monoisotopic (exact) mass is 342 g/mol. The number of imide groups is 1. The molecule has 0 aromatic heterocycles. The van der Waals surface area contributed by atoms with Gasteiger partial charge in [0, 0.05) is 38.2 Å². The number of amides is 3. The minimum absolute atomic E-state index is 0.116. The molecule has 1 atom stereocenters. The highest BCUT2D eigenvalue weighted by Gasteiger charge is 2.40.